The summed E-state index contributed by atoms with van der Waals surface area (Å²) >= 11 is 0. The van der Waals surface area contributed by atoms with E-state index in [-0.39, 0.29) is 11.1 Å². The number of benzene rings is 1. The Bertz CT molecular complexity index is 602. The van der Waals surface area contributed by atoms with E-state index >= 15 is 0 Å². The summed E-state index contributed by atoms with van der Waals surface area (Å²) in [7, 11) is 2.09. The lowest BCUT2D eigenvalue weighted by Crippen LogP contribution is -2.44. The fourth-order valence-electron chi connectivity index (χ4n) is 2.58. The molecule has 0 spiro atoms. The van der Waals surface area contributed by atoms with E-state index in [4.69, 9.17) is 0 Å². The fourth-order valence-corrected chi connectivity index (χ4v) is 2.58. The molecule has 0 saturated carbocycles. The van der Waals surface area contributed by atoms with Crippen LogP contribution < -0.4 is 10.6 Å². The van der Waals surface area contributed by atoms with Crippen molar-refractivity contribution < 1.29 is 0 Å². The second kappa shape index (κ2) is 5.82. The van der Waals surface area contributed by atoms with E-state index in [0.717, 1.165) is 13.1 Å². The van der Waals surface area contributed by atoms with Gasteiger partial charge in [0.05, 0.1) is 0 Å². The summed E-state index contributed by atoms with van der Waals surface area (Å²) in [6, 6.07) is 8.91. The molecule has 0 radical (unpaired) electrons. The van der Waals surface area contributed by atoms with Crippen LogP contribution in [0.3, 0.4) is 0 Å². The SMILES string of the molecule is Cn1ccc2cc(C(C)(C)NCCNC(C)(C)C)ccc21. The molecule has 0 aliphatic rings. The van der Waals surface area contributed by atoms with Gasteiger partial charge >= 0.3 is 0 Å². The Kier molecular flexibility index (Phi) is 4.45. The summed E-state index contributed by atoms with van der Waals surface area (Å²) < 4.78 is 2.16. The minimum absolute atomic E-state index is 0.0242. The lowest BCUT2D eigenvalue weighted by atomic mass is 9.93. The van der Waals surface area contributed by atoms with E-state index in [1.54, 1.807) is 0 Å². The van der Waals surface area contributed by atoms with Crippen LogP contribution in [0.1, 0.15) is 40.2 Å². The molecule has 0 amide bonds. The first kappa shape index (κ1) is 16.1. The van der Waals surface area contributed by atoms with Gasteiger partial charge in [0.1, 0.15) is 0 Å². The molecular weight excluding hydrogens is 258 g/mol. The van der Waals surface area contributed by atoms with Crippen LogP contribution >= 0.6 is 0 Å². The van der Waals surface area contributed by atoms with Gasteiger partial charge in [0.15, 0.2) is 0 Å². The molecule has 2 aromatic rings. The maximum atomic E-state index is 3.65. The van der Waals surface area contributed by atoms with Gasteiger partial charge in [-0.2, -0.15) is 0 Å². The summed E-state index contributed by atoms with van der Waals surface area (Å²) in [5.74, 6) is 0. The van der Waals surface area contributed by atoms with Gasteiger partial charge in [-0.25, -0.2) is 0 Å². The van der Waals surface area contributed by atoms with Gasteiger partial charge < -0.3 is 15.2 Å². The first-order valence-electron chi connectivity index (χ1n) is 7.75. The van der Waals surface area contributed by atoms with Crippen LogP contribution in [0.2, 0.25) is 0 Å². The van der Waals surface area contributed by atoms with E-state index in [1.807, 2.05) is 0 Å². The Morgan fingerprint density at radius 2 is 1.62 bits per heavy atom. The second-order valence-corrected chi connectivity index (χ2v) is 7.43. The van der Waals surface area contributed by atoms with Crippen LogP contribution in [0.15, 0.2) is 30.5 Å². The molecule has 0 fully saturated rings. The Hall–Kier alpha value is -1.32. The molecule has 3 nitrogen and oxygen atoms in total. The minimum atomic E-state index is -0.0242. The van der Waals surface area contributed by atoms with Crippen molar-refractivity contribution >= 4 is 10.9 Å². The minimum Gasteiger partial charge on any atom is -0.351 e. The largest absolute Gasteiger partial charge is 0.351 e. The van der Waals surface area contributed by atoms with E-state index in [1.165, 1.54) is 16.5 Å². The molecule has 0 aliphatic carbocycles. The number of nitrogens with one attached hydrogen (secondary N) is 2. The summed E-state index contributed by atoms with van der Waals surface area (Å²) in [6.45, 7) is 13.0. The van der Waals surface area contributed by atoms with Crippen LogP contribution in [0.5, 0.6) is 0 Å². The summed E-state index contributed by atoms with van der Waals surface area (Å²) in [4.78, 5) is 0. The van der Waals surface area contributed by atoms with Gasteiger partial charge in [0.25, 0.3) is 0 Å². The number of fused-ring (bicyclic) bond motifs is 1. The molecular formula is C18H29N3. The molecule has 1 aromatic carbocycles. The number of nitrogens with zero attached hydrogens (tertiary/aromatic N) is 1. The van der Waals surface area contributed by atoms with E-state index < -0.39 is 0 Å². The van der Waals surface area contributed by atoms with Crippen molar-refractivity contribution in [2.24, 2.45) is 7.05 Å². The van der Waals surface area contributed by atoms with Crippen molar-refractivity contribution in [2.75, 3.05) is 13.1 Å². The second-order valence-electron chi connectivity index (χ2n) is 7.43. The Labute approximate surface area is 128 Å². The Morgan fingerprint density at radius 1 is 0.952 bits per heavy atom. The fraction of sp³-hybridized carbons (Fsp3) is 0.556. The maximum absolute atomic E-state index is 3.65. The molecule has 0 unspecified atom stereocenters. The molecule has 21 heavy (non-hydrogen) atoms. The van der Waals surface area contributed by atoms with Gasteiger partial charge in [-0.15, -0.1) is 0 Å². The number of aromatic nitrogens is 1. The van der Waals surface area contributed by atoms with Crippen molar-refractivity contribution in [1.29, 1.82) is 0 Å². The molecule has 0 atom stereocenters. The molecule has 116 valence electrons. The highest BCUT2D eigenvalue weighted by Gasteiger charge is 2.20. The number of aryl methyl sites for hydroxylation is 1. The predicted molar refractivity (Wildman–Crippen MR) is 91.7 cm³/mol. The predicted octanol–water partition coefficient (Wildman–Crippen LogP) is 3.39. The zero-order valence-corrected chi connectivity index (χ0v) is 14.2. The van der Waals surface area contributed by atoms with E-state index in [0.29, 0.717) is 0 Å². The quantitative estimate of drug-likeness (QED) is 0.825. The zero-order valence-electron chi connectivity index (χ0n) is 14.2. The van der Waals surface area contributed by atoms with Gasteiger partial charge in [-0.1, -0.05) is 6.07 Å². The molecule has 1 heterocycles. The van der Waals surface area contributed by atoms with Crippen molar-refractivity contribution in [3.05, 3.63) is 36.0 Å². The molecule has 0 bridgehead atoms. The average molecular weight is 287 g/mol. The third-order valence-corrected chi connectivity index (χ3v) is 3.95. The lowest BCUT2D eigenvalue weighted by Gasteiger charge is -2.29. The number of rotatable bonds is 5. The standard InChI is InChI=1S/C18H29N3/c1-17(2,3)19-10-11-20-18(4,5)15-7-8-16-14(13-15)9-12-21(16)6/h7-9,12-13,19-20H,10-11H2,1-6H3. The third-order valence-electron chi connectivity index (χ3n) is 3.95. The van der Waals surface area contributed by atoms with Crippen molar-refractivity contribution in [1.82, 2.24) is 15.2 Å². The van der Waals surface area contributed by atoms with Crippen LogP contribution in [0.25, 0.3) is 10.9 Å². The Morgan fingerprint density at radius 3 is 2.29 bits per heavy atom. The van der Waals surface area contributed by atoms with Crippen LogP contribution in [-0.4, -0.2) is 23.2 Å². The van der Waals surface area contributed by atoms with Crippen molar-refractivity contribution in [3.63, 3.8) is 0 Å². The van der Waals surface area contributed by atoms with E-state index in [9.17, 15) is 0 Å². The van der Waals surface area contributed by atoms with Crippen LogP contribution in [0, 0.1) is 0 Å². The van der Waals surface area contributed by atoms with Gasteiger partial charge in [0, 0.05) is 42.9 Å². The normalized spacial score (nSPS) is 13.0. The van der Waals surface area contributed by atoms with Gasteiger partial charge in [-0.05, 0) is 63.8 Å². The van der Waals surface area contributed by atoms with E-state index in [2.05, 4.69) is 87.3 Å². The summed E-state index contributed by atoms with van der Waals surface area (Å²) in [5.41, 5.74) is 2.76. The third kappa shape index (κ3) is 4.08. The highest BCUT2D eigenvalue weighted by molar-refractivity contribution is 5.81. The van der Waals surface area contributed by atoms with Gasteiger partial charge in [-0.3, -0.25) is 0 Å². The number of hydrogen-bond donors (Lipinski definition) is 2. The summed E-state index contributed by atoms with van der Waals surface area (Å²) in [5, 5.41) is 8.47. The first-order valence-corrected chi connectivity index (χ1v) is 7.75. The topological polar surface area (TPSA) is 29.0 Å². The first-order chi connectivity index (χ1) is 9.69. The highest BCUT2D eigenvalue weighted by Crippen LogP contribution is 2.24. The molecule has 1 aromatic heterocycles. The maximum Gasteiger partial charge on any atom is 0.0477 e. The highest BCUT2D eigenvalue weighted by atomic mass is 15.0. The zero-order chi connectivity index (χ0) is 15.7. The van der Waals surface area contributed by atoms with Crippen molar-refractivity contribution in [2.45, 2.75) is 45.7 Å². The smallest absolute Gasteiger partial charge is 0.0477 e. The number of hydrogen-bond acceptors (Lipinski definition) is 2. The average Bonchev–Trinajstić information content (AvgIpc) is 2.75. The monoisotopic (exact) mass is 287 g/mol. The molecule has 3 heteroatoms. The Balaban J connectivity index is 2.03. The molecule has 0 saturated heterocycles. The lowest BCUT2D eigenvalue weighted by molar-refractivity contribution is 0.369. The molecule has 2 rings (SSSR count). The molecule has 0 aliphatic heterocycles. The summed E-state index contributed by atoms with van der Waals surface area (Å²) in [6.07, 6.45) is 2.11. The van der Waals surface area contributed by atoms with Gasteiger partial charge in [0.2, 0.25) is 0 Å². The van der Waals surface area contributed by atoms with Crippen LogP contribution in [-0.2, 0) is 12.6 Å². The van der Waals surface area contributed by atoms with Crippen molar-refractivity contribution in [3.8, 4) is 0 Å². The van der Waals surface area contributed by atoms with Crippen LogP contribution in [0.4, 0.5) is 0 Å². The molecule has 2 N–H and O–H groups in total.